The van der Waals surface area contributed by atoms with E-state index in [1.165, 1.54) is 0 Å². The molecule has 1 N–H and O–H groups in total. The van der Waals surface area contributed by atoms with Crippen molar-refractivity contribution in [2.45, 2.75) is 25.7 Å². The molecule has 0 bridgehead atoms. The standard InChI is InChI=1S/C18H20N2O3S/c21-18(19-10-12-8-9-24(22,23)11-12)17-13-4-1-2-6-15(13)20-16-7-3-5-14(16)17/h1-2,4,6,12H,3,5,7-11H2,(H,19,21)/t12-/m0/s1. The predicted octanol–water partition coefficient (Wildman–Crippen LogP) is 1.89. The molecule has 5 nitrogen and oxygen atoms in total. The van der Waals surface area contributed by atoms with E-state index in [9.17, 15) is 13.2 Å². The van der Waals surface area contributed by atoms with E-state index in [-0.39, 0.29) is 23.3 Å². The number of pyridine rings is 1. The van der Waals surface area contributed by atoms with Gasteiger partial charge in [0.05, 0.1) is 22.6 Å². The van der Waals surface area contributed by atoms with E-state index in [1.807, 2.05) is 24.3 Å². The van der Waals surface area contributed by atoms with Crippen molar-refractivity contribution in [1.29, 1.82) is 0 Å². The van der Waals surface area contributed by atoms with E-state index in [0.29, 0.717) is 13.0 Å². The van der Waals surface area contributed by atoms with E-state index in [2.05, 4.69) is 5.32 Å². The molecule has 0 unspecified atom stereocenters. The van der Waals surface area contributed by atoms with Crippen LogP contribution in [0.25, 0.3) is 10.9 Å². The minimum absolute atomic E-state index is 0.0279. The summed E-state index contributed by atoms with van der Waals surface area (Å²) in [5.74, 6) is 0.347. The van der Waals surface area contributed by atoms with Crippen LogP contribution in [-0.2, 0) is 22.7 Å². The average Bonchev–Trinajstić information content (AvgIpc) is 3.15. The van der Waals surface area contributed by atoms with Gasteiger partial charge in [0, 0.05) is 17.6 Å². The normalized spacial score (nSPS) is 21.8. The van der Waals surface area contributed by atoms with Gasteiger partial charge in [-0.2, -0.15) is 0 Å². The van der Waals surface area contributed by atoms with Gasteiger partial charge in [0.25, 0.3) is 5.91 Å². The molecule has 24 heavy (non-hydrogen) atoms. The van der Waals surface area contributed by atoms with Crippen molar-refractivity contribution in [2.24, 2.45) is 5.92 Å². The Morgan fingerprint density at radius 1 is 1.25 bits per heavy atom. The van der Waals surface area contributed by atoms with Gasteiger partial charge < -0.3 is 5.32 Å². The third-order valence-electron chi connectivity index (χ3n) is 5.02. The Hall–Kier alpha value is -1.95. The first-order valence-electron chi connectivity index (χ1n) is 8.42. The average molecular weight is 344 g/mol. The predicted molar refractivity (Wildman–Crippen MR) is 92.9 cm³/mol. The quantitative estimate of drug-likeness (QED) is 0.922. The SMILES string of the molecule is O=C(NC[C@@H]1CCS(=O)(=O)C1)c1c2c(nc3ccccc13)CCC2. The molecular formula is C18H20N2O3S. The molecule has 1 amide bonds. The van der Waals surface area contributed by atoms with Gasteiger partial charge in [-0.25, -0.2) is 8.42 Å². The Labute approximate surface area is 141 Å². The fraction of sp³-hybridized carbons (Fsp3) is 0.444. The maximum Gasteiger partial charge on any atom is 0.252 e. The van der Waals surface area contributed by atoms with Crippen LogP contribution in [0, 0.1) is 5.92 Å². The van der Waals surface area contributed by atoms with Crippen LogP contribution < -0.4 is 5.32 Å². The second-order valence-electron chi connectivity index (χ2n) is 6.76. The second kappa shape index (κ2) is 5.84. The van der Waals surface area contributed by atoms with Crippen molar-refractivity contribution < 1.29 is 13.2 Å². The zero-order valence-electron chi connectivity index (χ0n) is 13.4. The van der Waals surface area contributed by atoms with Gasteiger partial charge in [-0.1, -0.05) is 18.2 Å². The molecule has 1 atom stereocenters. The number of nitrogens with zero attached hydrogens (tertiary/aromatic N) is 1. The van der Waals surface area contributed by atoms with Gasteiger partial charge in [-0.3, -0.25) is 9.78 Å². The molecule has 2 heterocycles. The monoisotopic (exact) mass is 344 g/mol. The molecule has 6 heteroatoms. The van der Waals surface area contributed by atoms with Gasteiger partial charge in [0.2, 0.25) is 0 Å². The van der Waals surface area contributed by atoms with Crippen LogP contribution in [0.3, 0.4) is 0 Å². The molecule has 0 radical (unpaired) electrons. The second-order valence-corrected chi connectivity index (χ2v) is 8.99. The van der Waals surface area contributed by atoms with Crippen molar-refractivity contribution in [1.82, 2.24) is 10.3 Å². The third-order valence-corrected chi connectivity index (χ3v) is 6.86. The Balaban J connectivity index is 1.62. The number of sulfone groups is 1. The number of carbonyl (C=O) groups is 1. The highest BCUT2D eigenvalue weighted by Gasteiger charge is 2.29. The van der Waals surface area contributed by atoms with E-state index >= 15 is 0 Å². The highest BCUT2D eigenvalue weighted by atomic mass is 32.2. The summed E-state index contributed by atoms with van der Waals surface area (Å²) < 4.78 is 23.1. The Morgan fingerprint density at radius 2 is 2.08 bits per heavy atom. The summed E-state index contributed by atoms with van der Waals surface area (Å²) in [7, 11) is -2.91. The number of hydrogen-bond donors (Lipinski definition) is 1. The maximum absolute atomic E-state index is 12.8. The summed E-state index contributed by atoms with van der Waals surface area (Å²) in [6, 6.07) is 7.73. The molecule has 1 aliphatic heterocycles. The van der Waals surface area contributed by atoms with Gasteiger partial charge in [-0.15, -0.1) is 0 Å². The summed E-state index contributed by atoms with van der Waals surface area (Å²) in [5.41, 5.74) is 3.67. The maximum atomic E-state index is 12.8. The summed E-state index contributed by atoms with van der Waals surface area (Å²) >= 11 is 0. The number of benzene rings is 1. The number of amides is 1. The molecule has 1 aromatic carbocycles. The summed E-state index contributed by atoms with van der Waals surface area (Å²) in [6.45, 7) is 0.420. The van der Waals surface area contributed by atoms with Crippen molar-refractivity contribution in [3.8, 4) is 0 Å². The number of nitrogens with one attached hydrogen (secondary N) is 1. The molecule has 1 saturated heterocycles. The molecule has 4 rings (SSSR count). The molecule has 0 saturated carbocycles. The number of para-hydroxylation sites is 1. The number of fused-ring (bicyclic) bond motifs is 2. The van der Waals surface area contributed by atoms with Gasteiger partial charge in [-0.05, 0) is 43.2 Å². The topological polar surface area (TPSA) is 76.1 Å². The molecule has 1 aliphatic carbocycles. The van der Waals surface area contributed by atoms with Crippen LogP contribution in [0.1, 0.15) is 34.5 Å². The first-order chi connectivity index (χ1) is 11.5. The van der Waals surface area contributed by atoms with Crippen LogP contribution >= 0.6 is 0 Å². The first kappa shape index (κ1) is 15.6. The lowest BCUT2D eigenvalue weighted by molar-refractivity contribution is 0.0949. The molecule has 1 fully saturated rings. The van der Waals surface area contributed by atoms with Crippen LogP contribution in [0.2, 0.25) is 0 Å². The van der Waals surface area contributed by atoms with Crippen LogP contribution in [-0.4, -0.2) is 37.4 Å². The molecule has 126 valence electrons. The van der Waals surface area contributed by atoms with E-state index in [4.69, 9.17) is 4.98 Å². The van der Waals surface area contributed by atoms with Gasteiger partial charge in [0.1, 0.15) is 0 Å². The van der Waals surface area contributed by atoms with Crippen LogP contribution in [0.5, 0.6) is 0 Å². The smallest absolute Gasteiger partial charge is 0.252 e. The lowest BCUT2D eigenvalue weighted by atomic mass is 10.00. The van der Waals surface area contributed by atoms with E-state index in [0.717, 1.165) is 47.0 Å². The highest BCUT2D eigenvalue weighted by Crippen LogP contribution is 2.30. The summed E-state index contributed by atoms with van der Waals surface area (Å²) in [5, 5.41) is 3.85. The van der Waals surface area contributed by atoms with Crippen molar-refractivity contribution in [3.63, 3.8) is 0 Å². The van der Waals surface area contributed by atoms with Gasteiger partial charge >= 0.3 is 0 Å². The molecule has 2 aliphatic rings. The fourth-order valence-corrected chi connectivity index (χ4v) is 5.69. The minimum Gasteiger partial charge on any atom is -0.352 e. The molecule has 2 aromatic rings. The van der Waals surface area contributed by atoms with Crippen LogP contribution in [0.4, 0.5) is 0 Å². The summed E-state index contributed by atoms with van der Waals surface area (Å²) in [4.78, 5) is 17.5. The highest BCUT2D eigenvalue weighted by molar-refractivity contribution is 7.91. The fourth-order valence-electron chi connectivity index (χ4n) is 3.83. The Bertz CT molecular complexity index is 921. The summed E-state index contributed by atoms with van der Waals surface area (Å²) in [6.07, 6.45) is 3.46. The first-order valence-corrected chi connectivity index (χ1v) is 10.2. The molecule has 1 aromatic heterocycles. The molecular weight excluding hydrogens is 324 g/mol. The van der Waals surface area contributed by atoms with Gasteiger partial charge in [0.15, 0.2) is 9.84 Å². The zero-order valence-corrected chi connectivity index (χ0v) is 14.2. The Morgan fingerprint density at radius 3 is 2.88 bits per heavy atom. The van der Waals surface area contributed by atoms with Crippen molar-refractivity contribution >= 4 is 26.6 Å². The lowest BCUT2D eigenvalue weighted by Crippen LogP contribution is -2.30. The van der Waals surface area contributed by atoms with E-state index in [1.54, 1.807) is 0 Å². The minimum atomic E-state index is -2.91. The number of hydrogen-bond acceptors (Lipinski definition) is 4. The molecule has 0 spiro atoms. The number of aryl methyl sites for hydroxylation is 1. The largest absolute Gasteiger partial charge is 0.352 e. The Kier molecular flexibility index (Phi) is 3.79. The third kappa shape index (κ3) is 2.79. The van der Waals surface area contributed by atoms with Crippen molar-refractivity contribution in [3.05, 3.63) is 41.1 Å². The number of carbonyl (C=O) groups excluding carboxylic acids is 1. The zero-order chi connectivity index (χ0) is 16.7. The van der Waals surface area contributed by atoms with Crippen LogP contribution in [0.15, 0.2) is 24.3 Å². The van der Waals surface area contributed by atoms with Crippen molar-refractivity contribution in [2.75, 3.05) is 18.1 Å². The number of rotatable bonds is 3. The number of aromatic nitrogens is 1. The van der Waals surface area contributed by atoms with E-state index < -0.39 is 9.84 Å². The lowest BCUT2D eigenvalue weighted by Gasteiger charge is -2.14.